The zero-order valence-electron chi connectivity index (χ0n) is 9.22. The van der Waals surface area contributed by atoms with Crippen molar-refractivity contribution in [3.05, 3.63) is 29.8 Å². The molecule has 0 saturated carbocycles. The summed E-state index contributed by atoms with van der Waals surface area (Å²) in [6.07, 6.45) is -0.519. The van der Waals surface area contributed by atoms with Gasteiger partial charge in [-0.2, -0.15) is 0 Å². The summed E-state index contributed by atoms with van der Waals surface area (Å²) in [7, 11) is 0. The first-order valence-corrected chi connectivity index (χ1v) is 5.37. The summed E-state index contributed by atoms with van der Waals surface area (Å²) in [5.41, 5.74) is 0.570. The Morgan fingerprint density at radius 3 is 3.00 bits per heavy atom. The van der Waals surface area contributed by atoms with Gasteiger partial charge in [-0.05, 0) is 19.1 Å². The van der Waals surface area contributed by atoms with Gasteiger partial charge in [-0.15, -0.1) is 0 Å². The lowest BCUT2D eigenvalue weighted by molar-refractivity contribution is 0.0644. The molecule has 4 heteroatoms. The van der Waals surface area contributed by atoms with Gasteiger partial charge in [-0.3, -0.25) is 4.79 Å². The third kappa shape index (κ3) is 2.17. The van der Waals surface area contributed by atoms with Gasteiger partial charge in [0.1, 0.15) is 12.4 Å². The Kier molecular flexibility index (Phi) is 3.10. The molecule has 86 valence electrons. The van der Waals surface area contributed by atoms with Gasteiger partial charge in [0.15, 0.2) is 0 Å². The van der Waals surface area contributed by atoms with Gasteiger partial charge in [0, 0.05) is 6.54 Å². The summed E-state index contributed by atoms with van der Waals surface area (Å²) in [5.74, 6) is 0.551. The number of nitrogens with zero attached hydrogens (tertiary/aromatic N) is 1. The molecule has 0 aliphatic carbocycles. The highest BCUT2D eigenvalue weighted by Crippen LogP contribution is 2.22. The number of hydrogen-bond acceptors (Lipinski definition) is 3. The molecule has 0 unspecified atom stereocenters. The lowest BCUT2D eigenvalue weighted by Crippen LogP contribution is -2.37. The van der Waals surface area contributed by atoms with E-state index in [9.17, 15) is 9.90 Å². The molecule has 1 atom stereocenters. The molecule has 1 aromatic rings. The second kappa shape index (κ2) is 4.53. The Balaban J connectivity index is 2.26. The molecule has 1 aliphatic heterocycles. The van der Waals surface area contributed by atoms with Crippen molar-refractivity contribution in [3.8, 4) is 5.75 Å². The Morgan fingerprint density at radius 1 is 1.50 bits per heavy atom. The van der Waals surface area contributed by atoms with Crippen LogP contribution in [-0.4, -0.2) is 41.7 Å². The number of hydrogen-bond donors (Lipinski definition) is 1. The fourth-order valence-electron chi connectivity index (χ4n) is 1.80. The molecular formula is C12H15NO3. The molecule has 16 heavy (non-hydrogen) atoms. The molecule has 1 aliphatic rings. The van der Waals surface area contributed by atoms with E-state index in [2.05, 4.69) is 0 Å². The van der Waals surface area contributed by atoms with Crippen LogP contribution in [0.25, 0.3) is 0 Å². The van der Waals surface area contributed by atoms with Crippen LogP contribution in [0.4, 0.5) is 0 Å². The van der Waals surface area contributed by atoms with Crippen LogP contribution in [0.15, 0.2) is 24.3 Å². The highest BCUT2D eigenvalue weighted by atomic mass is 16.5. The van der Waals surface area contributed by atoms with E-state index in [1.807, 2.05) is 12.1 Å². The molecule has 0 saturated heterocycles. The van der Waals surface area contributed by atoms with Crippen molar-refractivity contribution in [2.24, 2.45) is 0 Å². The smallest absolute Gasteiger partial charge is 0.257 e. The average Bonchev–Trinajstić information content (AvgIpc) is 2.40. The number of β-amino-alcohol motifs (C(OH)–C–C–N with tert-alkyl or cyclic N) is 1. The van der Waals surface area contributed by atoms with Gasteiger partial charge in [0.05, 0.1) is 18.2 Å². The van der Waals surface area contributed by atoms with Crippen molar-refractivity contribution in [3.63, 3.8) is 0 Å². The highest BCUT2D eigenvalue weighted by molar-refractivity contribution is 5.97. The number of fused-ring (bicyclic) bond motifs is 1. The number of rotatable bonds is 2. The Labute approximate surface area is 94.4 Å². The summed E-state index contributed by atoms with van der Waals surface area (Å²) in [6, 6.07) is 7.19. The van der Waals surface area contributed by atoms with Crippen LogP contribution in [0.3, 0.4) is 0 Å². The number of carbonyl (C=O) groups excluding carboxylic acids is 1. The number of carbonyl (C=O) groups is 1. The summed E-state index contributed by atoms with van der Waals surface area (Å²) in [5, 5.41) is 9.33. The number of aliphatic hydroxyl groups is 1. The quantitative estimate of drug-likeness (QED) is 0.807. The molecule has 1 amide bonds. The van der Waals surface area contributed by atoms with Crippen LogP contribution in [0.5, 0.6) is 5.75 Å². The van der Waals surface area contributed by atoms with Crippen molar-refractivity contribution in [1.29, 1.82) is 0 Å². The lowest BCUT2D eigenvalue weighted by atomic mass is 10.1. The molecule has 2 rings (SSSR count). The first kappa shape index (κ1) is 11.0. The number of ether oxygens (including phenoxy) is 1. The van der Waals surface area contributed by atoms with E-state index in [0.717, 1.165) is 0 Å². The number of aliphatic hydroxyl groups excluding tert-OH is 1. The predicted octanol–water partition coefficient (Wildman–Crippen LogP) is 0.902. The normalized spacial score (nSPS) is 17.4. The maximum absolute atomic E-state index is 12.1. The molecule has 0 radical (unpaired) electrons. The molecular weight excluding hydrogens is 206 g/mol. The fourth-order valence-corrected chi connectivity index (χ4v) is 1.80. The Bertz CT molecular complexity index is 390. The SMILES string of the molecule is C[C@H](O)CN1CCOc2ccccc2C1=O. The topological polar surface area (TPSA) is 49.8 Å². The van der Waals surface area contributed by atoms with Gasteiger partial charge in [0.2, 0.25) is 0 Å². The van der Waals surface area contributed by atoms with E-state index < -0.39 is 6.10 Å². The minimum Gasteiger partial charge on any atom is -0.491 e. The minimum atomic E-state index is -0.519. The maximum atomic E-state index is 12.1. The summed E-state index contributed by atoms with van der Waals surface area (Å²) < 4.78 is 5.49. The summed E-state index contributed by atoms with van der Waals surface area (Å²) in [4.78, 5) is 13.7. The Morgan fingerprint density at radius 2 is 2.25 bits per heavy atom. The average molecular weight is 221 g/mol. The number of benzene rings is 1. The van der Waals surface area contributed by atoms with Crippen LogP contribution < -0.4 is 4.74 Å². The maximum Gasteiger partial charge on any atom is 0.257 e. The van der Waals surface area contributed by atoms with Crippen LogP contribution in [0, 0.1) is 0 Å². The van der Waals surface area contributed by atoms with Crippen molar-refractivity contribution in [1.82, 2.24) is 4.90 Å². The van der Waals surface area contributed by atoms with Gasteiger partial charge in [0.25, 0.3) is 5.91 Å². The van der Waals surface area contributed by atoms with E-state index in [4.69, 9.17) is 4.74 Å². The molecule has 0 fully saturated rings. The molecule has 0 bridgehead atoms. The monoisotopic (exact) mass is 221 g/mol. The first-order valence-electron chi connectivity index (χ1n) is 5.37. The van der Waals surface area contributed by atoms with Crippen molar-refractivity contribution < 1.29 is 14.6 Å². The van der Waals surface area contributed by atoms with Crippen LogP contribution in [0.2, 0.25) is 0 Å². The third-order valence-electron chi connectivity index (χ3n) is 2.51. The third-order valence-corrected chi connectivity index (χ3v) is 2.51. The number of amides is 1. The molecule has 0 spiro atoms. The lowest BCUT2D eigenvalue weighted by Gasteiger charge is -2.21. The van der Waals surface area contributed by atoms with E-state index >= 15 is 0 Å². The zero-order chi connectivity index (χ0) is 11.5. The molecule has 4 nitrogen and oxygen atoms in total. The van der Waals surface area contributed by atoms with Crippen molar-refractivity contribution >= 4 is 5.91 Å². The van der Waals surface area contributed by atoms with Gasteiger partial charge in [-0.25, -0.2) is 0 Å². The second-order valence-electron chi connectivity index (χ2n) is 3.94. The fraction of sp³-hybridized carbons (Fsp3) is 0.417. The molecule has 1 aromatic carbocycles. The standard InChI is InChI=1S/C12H15NO3/c1-9(14)8-13-6-7-16-11-5-3-2-4-10(11)12(13)15/h2-5,9,14H,6-8H2,1H3/t9-/m0/s1. The van der Waals surface area contributed by atoms with E-state index in [1.54, 1.807) is 24.0 Å². The van der Waals surface area contributed by atoms with E-state index in [0.29, 0.717) is 31.0 Å². The second-order valence-corrected chi connectivity index (χ2v) is 3.94. The van der Waals surface area contributed by atoms with Crippen molar-refractivity contribution in [2.45, 2.75) is 13.0 Å². The first-order chi connectivity index (χ1) is 7.68. The predicted molar refractivity (Wildman–Crippen MR) is 59.5 cm³/mol. The molecule has 0 aromatic heterocycles. The molecule has 1 N–H and O–H groups in total. The van der Waals surface area contributed by atoms with Crippen LogP contribution in [-0.2, 0) is 0 Å². The number of para-hydroxylation sites is 1. The largest absolute Gasteiger partial charge is 0.491 e. The van der Waals surface area contributed by atoms with Crippen molar-refractivity contribution in [2.75, 3.05) is 19.7 Å². The Hall–Kier alpha value is -1.55. The highest BCUT2D eigenvalue weighted by Gasteiger charge is 2.23. The van der Waals surface area contributed by atoms with E-state index in [-0.39, 0.29) is 5.91 Å². The van der Waals surface area contributed by atoms with Crippen LogP contribution >= 0.6 is 0 Å². The summed E-state index contributed by atoms with van der Waals surface area (Å²) in [6.45, 7) is 3.00. The summed E-state index contributed by atoms with van der Waals surface area (Å²) >= 11 is 0. The minimum absolute atomic E-state index is 0.0750. The van der Waals surface area contributed by atoms with E-state index in [1.165, 1.54) is 0 Å². The van der Waals surface area contributed by atoms with Crippen LogP contribution in [0.1, 0.15) is 17.3 Å². The molecule has 1 heterocycles. The zero-order valence-corrected chi connectivity index (χ0v) is 9.22. The van der Waals surface area contributed by atoms with Gasteiger partial charge in [-0.1, -0.05) is 12.1 Å². The van der Waals surface area contributed by atoms with Gasteiger partial charge < -0.3 is 14.7 Å². The van der Waals surface area contributed by atoms with Gasteiger partial charge >= 0.3 is 0 Å².